The quantitative estimate of drug-likeness (QED) is 0.214. The molecule has 3 aromatic carbocycles. The van der Waals surface area contributed by atoms with E-state index in [4.69, 9.17) is 4.74 Å². The third kappa shape index (κ3) is 5.92. The maximum Gasteiger partial charge on any atom is 0.329 e. The number of urea groups is 1. The van der Waals surface area contributed by atoms with E-state index in [1.807, 2.05) is 19.1 Å². The topological polar surface area (TPSA) is 131 Å². The zero-order valence-electron chi connectivity index (χ0n) is 19.3. The van der Waals surface area contributed by atoms with Gasteiger partial charge in [0.15, 0.2) is 0 Å². The zero-order valence-corrected chi connectivity index (χ0v) is 19.3. The van der Waals surface area contributed by atoms with Crippen molar-refractivity contribution in [3.05, 3.63) is 105 Å². The summed E-state index contributed by atoms with van der Waals surface area (Å²) in [6, 6.07) is 19.4. The van der Waals surface area contributed by atoms with Crippen molar-refractivity contribution in [2.75, 3.05) is 11.9 Å². The number of carbonyl (C=O) groups is 3. The second-order valence-corrected chi connectivity index (χ2v) is 8.08. The zero-order chi connectivity index (χ0) is 25.7. The maximum absolute atomic E-state index is 12.7. The van der Waals surface area contributed by atoms with Crippen LogP contribution in [0.1, 0.15) is 16.7 Å². The first-order valence-electron chi connectivity index (χ1n) is 11.0. The molecule has 1 fully saturated rings. The van der Waals surface area contributed by atoms with E-state index >= 15 is 0 Å². The Kier molecular flexibility index (Phi) is 7.05. The Labute approximate surface area is 206 Å². The molecule has 0 radical (unpaired) electrons. The molecule has 0 saturated carbocycles. The van der Waals surface area contributed by atoms with Crippen LogP contribution < -0.4 is 15.4 Å². The molecule has 10 heteroatoms. The minimum atomic E-state index is -0.679. The van der Waals surface area contributed by atoms with Crippen molar-refractivity contribution >= 4 is 35.3 Å². The number of ether oxygens (including phenoxy) is 1. The van der Waals surface area contributed by atoms with Crippen molar-refractivity contribution < 1.29 is 24.0 Å². The summed E-state index contributed by atoms with van der Waals surface area (Å²) in [6.45, 7) is 1.66. The summed E-state index contributed by atoms with van der Waals surface area (Å²) in [4.78, 5) is 48.5. The molecule has 4 rings (SSSR count). The van der Waals surface area contributed by atoms with Gasteiger partial charge in [0.2, 0.25) is 5.91 Å². The minimum absolute atomic E-state index is 0.0111. The first-order chi connectivity index (χ1) is 17.3. The monoisotopic (exact) mass is 486 g/mol. The highest BCUT2D eigenvalue weighted by molar-refractivity contribution is 6.15. The number of anilines is 1. The van der Waals surface area contributed by atoms with Gasteiger partial charge in [0.1, 0.15) is 24.6 Å². The third-order valence-corrected chi connectivity index (χ3v) is 5.32. The Morgan fingerprint density at radius 2 is 1.81 bits per heavy atom. The highest BCUT2D eigenvalue weighted by Crippen LogP contribution is 2.20. The highest BCUT2D eigenvalue weighted by Gasteiger charge is 2.34. The van der Waals surface area contributed by atoms with Gasteiger partial charge >= 0.3 is 6.03 Å². The van der Waals surface area contributed by atoms with Crippen molar-refractivity contribution in [3.63, 3.8) is 0 Å². The van der Waals surface area contributed by atoms with Crippen LogP contribution in [0.4, 0.5) is 16.2 Å². The van der Waals surface area contributed by atoms with Crippen LogP contribution in [-0.4, -0.2) is 34.2 Å². The molecule has 0 spiro atoms. The number of carbonyl (C=O) groups excluding carboxylic acids is 3. The van der Waals surface area contributed by atoms with Crippen LogP contribution >= 0.6 is 0 Å². The third-order valence-electron chi connectivity index (χ3n) is 5.32. The van der Waals surface area contributed by atoms with Gasteiger partial charge in [-0.15, -0.1) is 0 Å². The summed E-state index contributed by atoms with van der Waals surface area (Å²) in [5, 5.41) is 16.0. The molecule has 0 aromatic heterocycles. The van der Waals surface area contributed by atoms with Gasteiger partial charge in [-0.2, -0.15) is 0 Å². The lowest BCUT2D eigenvalue weighted by Gasteiger charge is -2.12. The first-order valence-corrected chi connectivity index (χ1v) is 11.0. The van der Waals surface area contributed by atoms with Gasteiger partial charge < -0.3 is 15.4 Å². The molecule has 1 heterocycles. The average molecular weight is 486 g/mol. The van der Waals surface area contributed by atoms with Crippen LogP contribution in [0.15, 0.2) is 78.5 Å². The van der Waals surface area contributed by atoms with Gasteiger partial charge in [0.25, 0.3) is 11.6 Å². The average Bonchev–Trinajstić information content (AvgIpc) is 3.12. The van der Waals surface area contributed by atoms with Crippen LogP contribution in [0, 0.1) is 17.0 Å². The predicted molar refractivity (Wildman–Crippen MR) is 132 cm³/mol. The summed E-state index contributed by atoms with van der Waals surface area (Å²) in [7, 11) is 0. The maximum atomic E-state index is 12.7. The largest absolute Gasteiger partial charge is 0.489 e. The molecule has 36 heavy (non-hydrogen) atoms. The number of hydrogen-bond acceptors (Lipinski definition) is 6. The number of non-ortho nitro benzene ring substituents is 1. The van der Waals surface area contributed by atoms with Crippen LogP contribution in [0.2, 0.25) is 0 Å². The smallest absolute Gasteiger partial charge is 0.329 e. The molecule has 1 saturated heterocycles. The fourth-order valence-electron chi connectivity index (χ4n) is 3.45. The number of amides is 4. The molecule has 182 valence electrons. The Bertz CT molecular complexity index is 1350. The highest BCUT2D eigenvalue weighted by atomic mass is 16.6. The van der Waals surface area contributed by atoms with E-state index in [1.165, 1.54) is 18.2 Å². The number of nitrogens with one attached hydrogen (secondary N) is 2. The van der Waals surface area contributed by atoms with Crippen molar-refractivity contribution in [1.29, 1.82) is 0 Å². The van der Waals surface area contributed by atoms with E-state index in [0.29, 0.717) is 22.6 Å². The molecule has 2 N–H and O–H groups in total. The van der Waals surface area contributed by atoms with Gasteiger partial charge in [-0.25, -0.2) is 9.69 Å². The van der Waals surface area contributed by atoms with E-state index in [2.05, 4.69) is 10.6 Å². The van der Waals surface area contributed by atoms with Crippen LogP contribution in [0.5, 0.6) is 5.75 Å². The number of nitrogens with zero attached hydrogens (tertiary/aromatic N) is 2. The fourth-order valence-corrected chi connectivity index (χ4v) is 3.45. The molecule has 1 aliphatic rings. The lowest BCUT2D eigenvalue weighted by Crippen LogP contribution is -2.38. The van der Waals surface area contributed by atoms with E-state index in [1.54, 1.807) is 48.5 Å². The normalized spacial score (nSPS) is 14.0. The molecule has 1 aliphatic heterocycles. The molecule has 4 amide bonds. The first kappa shape index (κ1) is 24.1. The summed E-state index contributed by atoms with van der Waals surface area (Å²) in [5.74, 6) is -0.571. The minimum Gasteiger partial charge on any atom is -0.489 e. The standard InChI is InChI=1S/C26H22N4O6/c1-17-5-9-20(10-6-17)27-24(31)15-29-25(32)23(28-26(29)33)14-18-7-11-22(12-8-18)36-16-19-3-2-4-21(13-19)30(34)35/h2-14H,15-16H2,1H3,(H,27,31)(H,28,33)/b23-14+. The van der Waals surface area contributed by atoms with E-state index in [9.17, 15) is 24.5 Å². The van der Waals surface area contributed by atoms with Gasteiger partial charge in [-0.3, -0.25) is 19.7 Å². The second-order valence-electron chi connectivity index (χ2n) is 8.08. The molecule has 0 aliphatic carbocycles. The number of nitro groups is 1. The molecular formula is C26H22N4O6. The number of hydrogen-bond donors (Lipinski definition) is 2. The van der Waals surface area contributed by atoms with Gasteiger partial charge in [0.05, 0.1) is 4.92 Å². The lowest BCUT2D eigenvalue weighted by atomic mass is 10.2. The predicted octanol–water partition coefficient (Wildman–Crippen LogP) is 4.01. The number of rotatable bonds is 8. The Morgan fingerprint density at radius 3 is 2.50 bits per heavy atom. The Hall–Kier alpha value is -4.99. The van der Waals surface area contributed by atoms with Crippen molar-refractivity contribution in [2.24, 2.45) is 0 Å². The molecule has 0 unspecified atom stereocenters. The van der Waals surface area contributed by atoms with Gasteiger partial charge in [-0.1, -0.05) is 42.0 Å². The summed E-state index contributed by atoms with van der Waals surface area (Å²) < 4.78 is 5.67. The summed E-state index contributed by atoms with van der Waals surface area (Å²) >= 11 is 0. The van der Waals surface area contributed by atoms with E-state index in [-0.39, 0.29) is 18.0 Å². The van der Waals surface area contributed by atoms with Crippen molar-refractivity contribution in [2.45, 2.75) is 13.5 Å². The van der Waals surface area contributed by atoms with Gasteiger partial charge in [-0.05, 0) is 48.4 Å². The lowest BCUT2D eigenvalue weighted by molar-refractivity contribution is -0.384. The summed E-state index contributed by atoms with van der Waals surface area (Å²) in [6.07, 6.45) is 1.50. The van der Waals surface area contributed by atoms with Crippen LogP contribution in [-0.2, 0) is 16.2 Å². The molecular weight excluding hydrogens is 464 g/mol. The van der Waals surface area contributed by atoms with Crippen LogP contribution in [0.3, 0.4) is 0 Å². The van der Waals surface area contributed by atoms with E-state index < -0.39 is 29.3 Å². The Balaban J connectivity index is 1.35. The Morgan fingerprint density at radius 1 is 1.08 bits per heavy atom. The number of aryl methyl sites for hydroxylation is 1. The molecule has 3 aromatic rings. The molecule has 10 nitrogen and oxygen atoms in total. The number of imide groups is 1. The van der Waals surface area contributed by atoms with Crippen molar-refractivity contribution in [1.82, 2.24) is 10.2 Å². The second kappa shape index (κ2) is 10.5. The number of benzene rings is 3. The van der Waals surface area contributed by atoms with Gasteiger partial charge in [0, 0.05) is 17.8 Å². The van der Waals surface area contributed by atoms with Crippen LogP contribution in [0.25, 0.3) is 6.08 Å². The molecule has 0 atom stereocenters. The van der Waals surface area contributed by atoms with E-state index in [0.717, 1.165) is 10.5 Å². The number of nitro benzene ring substituents is 1. The SMILES string of the molecule is Cc1ccc(NC(=O)CN2C(=O)N/C(=C/c3ccc(OCc4cccc([N+](=O)[O-])c4)cc3)C2=O)cc1. The fraction of sp³-hybridized carbons (Fsp3) is 0.115. The summed E-state index contributed by atoms with van der Waals surface area (Å²) in [5.41, 5.74) is 2.94. The van der Waals surface area contributed by atoms with Crippen molar-refractivity contribution in [3.8, 4) is 5.75 Å². The molecule has 0 bridgehead atoms.